The third-order valence-electron chi connectivity index (χ3n) is 2.90. The highest BCUT2D eigenvalue weighted by atomic mass is 16.4. The lowest BCUT2D eigenvalue weighted by atomic mass is 10.2. The fraction of sp³-hybridized carbons (Fsp3) is 0.429. The summed E-state index contributed by atoms with van der Waals surface area (Å²) in [4.78, 5) is 24.4. The van der Waals surface area contributed by atoms with Crippen LogP contribution in [0.2, 0.25) is 0 Å². The second-order valence-corrected chi connectivity index (χ2v) is 4.52. The lowest BCUT2D eigenvalue weighted by Crippen LogP contribution is -2.46. The Hall–Kier alpha value is -2.04. The van der Waals surface area contributed by atoms with Gasteiger partial charge in [-0.3, -0.25) is 4.90 Å². The number of nitrogens with one attached hydrogen (secondary N) is 1. The van der Waals surface area contributed by atoms with E-state index in [9.17, 15) is 9.59 Å². The van der Waals surface area contributed by atoms with Crippen LogP contribution in [0, 0.1) is 6.92 Å². The molecule has 0 heterocycles. The van der Waals surface area contributed by atoms with Crippen LogP contribution in [-0.2, 0) is 4.79 Å². The number of carboxylic acids is 1. The molecule has 0 bridgehead atoms. The highest BCUT2D eigenvalue weighted by molar-refractivity contribution is 5.93. The van der Waals surface area contributed by atoms with E-state index in [0.717, 1.165) is 11.3 Å². The Balaban J connectivity index is 2.71. The first-order valence-corrected chi connectivity index (χ1v) is 6.29. The van der Waals surface area contributed by atoms with Gasteiger partial charge in [-0.25, -0.2) is 9.59 Å². The molecule has 0 saturated carbocycles. The topological polar surface area (TPSA) is 69.6 Å². The standard InChI is InChI=1S/C14H20N2O3/c1-4-5-12(13(17)18)15-14(19)16(3)11-8-6-10(2)7-9-11/h6-9,12H,4-5H2,1-3H3,(H,15,19)(H,17,18)/t12-/m0/s1. The second-order valence-electron chi connectivity index (χ2n) is 4.52. The molecule has 0 aliphatic carbocycles. The van der Waals surface area contributed by atoms with Crippen molar-refractivity contribution in [3.63, 3.8) is 0 Å². The van der Waals surface area contributed by atoms with Crippen LogP contribution >= 0.6 is 0 Å². The van der Waals surface area contributed by atoms with Crippen molar-refractivity contribution in [1.29, 1.82) is 0 Å². The number of carboxylic acid groups (broad SMARTS) is 1. The molecule has 2 amide bonds. The van der Waals surface area contributed by atoms with Gasteiger partial charge in [-0.1, -0.05) is 31.0 Å². The number of amides is 2. The van der Waals surface area contributed by atoms with Gasteiger partial charge < -0.3 is 10.4 Å². The Morgan fingerprint density at radius 2 is 1.89 bits per heavy atom. The van der Waals surface area contributed by atoms with E-state index in [1.807, 2.05) is 38.1 Å². The summed E-state index contributed by atoms with van der Waals surface area (Å²) in [5.41, 5.74) is 1.83. The summed E-state index contributed by atoms with van der Waals surface area (Å²) in [5.74, 6) is -1.01. The molecule has 0 unspecified atom stereocenters. The zero-order valence-corrected chi connectivity index (χ0v) is 11.5. The fourth-order valence-electron chi connectivity index (χ4n) is 1.68. The van der Waals surface area contributed by atoms with Crippen LogP contribution in [0.15, 0.2) is 24.3 Å². The van der Waals surface area contributed by atoms with Crippen LogP contribution in [0.5, 0.6) is 0 Å². The molecular weight excluding hydrogens is 244 g/mol. The molecule has 1 rings (SSSR count). The van der Waals surface area contributed by atoms with Crippen LogP contribution in [0.1, 0.15) is 25.3 Å². The monoisotopic (exact) mass is 264 g/mol. The van der Waals surface area contributed by atoms with Crippen LogP contribution in [0.25, 0.3) is 0 Å². The van der Waals surface area contributed by atoms with Gasteiger partial charge in [0.1, 0.15) is 6.04 Å². The fourth-order valence-corrected chi connectivity index (χ4v) is 1.68. The molecule has 5 nitrogen and oxygen atoms in total. The minimum absolute atomic E-state index is 0.412. The SMILES string of the molecule is CCC[C@H](NC(=O)N(C)c1ccc(C)cc1)C(=O)O. The molecule has 104 valence electrons. The summed E-state index contributed by atoms with van der Waals surface area (Å²) >= 11 is 0. The molecule has 2 N–H and O–H groups in total. The Morgan fingerprint density at radius 3 is 2.37 bits per heavy atom. The largest absolute Gasteiger partial charge is 0.480 e. The summed E-state index contributed by atoms with van der Waals surface area (Å²) in [6.45, 7) is 3.84. The summed E-state index contributed by atoms with van der Waals surface area (Å²) in [6, 6.07) is 6.20. The molecular formula is C14H20N2O3. The third kappa shape index (κ3) is 4.28. The summed E-state index contributed by atoms with van der Waals surface area (Å²) in [7, 11) is 1.62. The van der Waals surface area contributed by atoms with Crippen LogP contribution < -0.4 is 10.2 Å². The van der Waals surface area contributed by atoms with Crippen LogP contribution in [0.3, 0.4) is 0 Å². The summed E-state index contributed by atoms with van der Waals surface area (Å²) in [6.07, 6.45) is 1.12. The van der Waals surface area contributed by atoms with Crippen molar-refractivity contribution in [3.8, 4) is 0 Å². The first kappa shape index (κ1) is 15.0. The van der Waals surface area contributed by atoms with Gasteiger partial charge in [0, 0.05) is 12.7 Å². The van der Waals surface area contributed by atoms with Crippen LogP contribution in [-0.4, -0.2) is 30.2 Å². The average molecular weight is 264 g/mol. The van der Waals surface area contributed by atoms with E-state index in [-0.39, 0.29) is 0 Å². The minimum Gasteiger partial charge on any atom is -0.480 e. The molecule has 0 saturated heterocycles. The predicted octanol–water partition coefficient (Wildman–Crippen LogP) is 2.39. The number of carbonyl (C=O) groups excluding carboxylic acids is 1. The van der Waals surface area contributed by atoms with E-state index in [4.69, 9.17) is 5.11 Å². The van der Waals surface area contributed by atoms with Crippen molar-refractivity contribution in [1.82, 2.24) is 5.32 Å². The number of anilines is 1. The van der Waals surface area contributed by atoms with E-state index < -0.39 is 18.0 Å². The molecule has 0 aliphatic rings. The van der Waals surface area contributed by atoms with E-state index in [1.165, 1.54) is 4.90 Å². The highest BCUT2D eigenvalue weighted by Crippen LogP contribution is 2.13. The van der Waals surface area contributed by atoms with Crippen molar-refractivity contribution >= 4 is 17.7 Å². The Morgan fingerprint density at radius 1 is 1.32 bits per heavy atom. The molecule has 0 spiro atoms. The number of urea groups is 1. The number of hydrogen-bond donors (Lipinski definition) is 2. The number of nitrogens with zero attached hydrogens (tertiary/aromatic N) is 1. The van der Waals surface area contributed by atoms with Gasteiger partial charge in [0.15, 0.2) is 0 Å². The van der Waals surface area contributed by atoms with E-state index >= 15 is 0 Å². The maximum absolute atomic E-state index is 12.0. The van der Waals surface area contributed by atoms with Gasteiger partial charge in [0.2, 0.25) is 0 Å². The quantitative estimate of drug-likeness (QED) is 0.858. The number of benzene rings is 1. The predicted molar refractivity (Wildman–Crippen MR) is 74.4 cm³/mol. The number of aliphatic carboxylic acids is 1. The van der Waals surface area contributed by atoms with Gasteiger partial charge in [-0.2, -0.15) is 0 Å². The zero-order chi connectivity index (χ0) is 14.4. The highest BCUT2D eigenvalue weighted by Gasteiger charge is 2.21. The maximum atomic E-state index is 12.0. The minimum atomic E-state index is -1.01. The van der Waals surface area contributed by atoms with Crippen molar-refractivity contribution in [2.75, 3.05) is 11.9 Å². The van der Waals surface area contributed by atoms with Gasteiger partial charge in [0.05, 0.1) is 0 Å². The molecule has 0 aliphatic heterocycles. The van der Waals surface area contributed by atoms with E-state index in [1.54, 1.807) is 7.05 Å². The van der Waals surface area contributed by atoms with Gasteiger partial charge >= 0.3 is 12.0 Å². The van der Waals surface area contributed by atoms with E-state index in [2.05, 4.69) is 5.32 Å². The zero-order valence-electron chi connectivity index (χ0n) is 11.5. The van der Waals surface area contributed by atoms with Gasteiger partial charge in [0.25, 0.3) is 0 Å². The molecule has 1 aromatic carbocycles. The lowest BCUT2D eigenvalue weighted by molar-refractivity contribution is -0.139. The van der Waals surface area contributed by atoms with Crippen molar-refractivity contribution in [2.24, 2.45) is 0 Å². The molecule has 5 heteroatoms. The van der Waals surface area contributed by atoms with E-state index in [0.29, 0.717) is 12.8 Å². The second kappa shape index (κ2) is 6.78. The number of rotatable bonds is 5. The third-order valence-corrected chi connectivity index (χ3v) is 2.90. The van der Waals surface area contributed by atoms with Gasteiger partial charge in [-0.05, 0) is 25.5 Å². The normalized spacial score (nSPS) is 11.7. The maximum Gasteiger partial charge on any atom is 0.326 e. The molecule has 0 fully saturated rings. The smallest absolute Gasteiger partial charge is 0.326 e. The number of aryl methyl sites for hydroxylation is 1. The number of hydrogen-bond acceptors (Lipinski definition) is 2. The lowest BCUT2D eigenvalue weighted by Gasteiger charge is -2.21. The van der Waals surface area contributed by atoms with Crippen LogP contribution in [0.4, 0.5) is 10.5 Å². The summed E-state index contributed by atoms with van der Waals surface area (Å²) in [5, 5.41) is 11.5. The molecule has 1 aromatic rings. The van der Waals surface area contributed by atoms with Crippen molar-refractivity contribution in [2.45, 2.75) is 32.7 Å². The first-order valence-electron chi connectivity index (χ1n) is 6.29. The van der Waals surface area contributed by atoms with Gasteiger partial charge in [-0.15, -0.1) is 0 Å². The average Bonchev–Trinajstić information content (AvgIpc) is 2.38. The molecule has 1 atom stereocenters. The molecule has 0 aromatic heterocycles. The Labute approximate surface area is 113 Å². The van der Waals surface area contributed by atoms with Crippen molar-refractivity contribution in [3.05, 3.63) is 29.8 Å². The Bertz CT molecular complexity index is 443. The molecule has 0 radical (unpaired) electrons. The Kier molecular flexibility index (Phi) is 5.36. The summed E-state index contributed by atoms with van der Waals surface area (Å²) < 4.78 is 0. The first-order chi connectivity index (χ1) is 8.95. The van der Waals surface area contributed by atoms with Crippen molar-refractivity contribution < 1.29 is 14.7 Å². The number of carbonyl (C=O) groups is 2. The molecule has 19 heavy (non-hydrogen) atoms.